The standard InChI is InChI=1S/C22H25ClN6O/c23-15-4-5-18(20-3-1-2-10-29(20)17-6-8-25-9-7-17)19(11-15)22(30)28-21-14-26-16(12-24)13-27-21/h4-5,11,13-14,17,20,25H,1-3,6-10H2,(H,27,28,30). The Labute approximate surface area is 181 Å². The molecule has 156 valence electrons. The first-order valence-electron chi connectivity index (χ1n) is 10.4. The van der Waals surface area contributed by atoms with Crippen LogP contribution >= 0.6 is 11.6 Å². The van der Waals surface area contributed by atoms with Gasteiger partial charge in [-0.05, 0) is 63.0 Å². The summed E-state index contributed by atoms with van der Waals surface area (Å²) in [5.74, 6) is 0.0473. The van der Waals surface area contributed by atoms with E-state index in [1.807, 2.05) is 18.2 Å². The average molecular weight is 425 g/mol. The van der Waals surface area contributed by atoms with Gasteiger partial charge in [0.25, 0.3) is 5.91 Å². The Morgan fingerprint density at radius 2 is 2.03 bits per heavy atom. The predicted molar refractivity (Wildman–Crippen MR) is 115 cm³/mol. The topological polar surface area (TPSA) is 93.9 Å². The summed E-state index contributed by atoms with van der Waals surface area (Å²) in [6, 6.07) is 8.25. The summed E-state index contributed by atoms with van der Waals surface area (Å²) in [5.41, 5.74) is 1.78. The minimum atomic E-state index is -0.262. The van der Waals surface area contributed by atoms with Gasteiger partial charge in [-0.15, -0.1) is 0 Å². The number of anilines is 1. The lowest BCUT2D eigenvalue weighted by Crippen LogP contribution is -2.47. The Hall–Kier alpha value is -2.53. The molecule has 0 bridgehead atoms. The molecule has 3 heterocycles. The number of carbonyl (C=O) groups is 1. The highest BCUT2D eigenvalue weighted by Gasteiger charge is 2.32. The first-order valence-corrected chi connectivity index (χ1v) is 10.8. The first-order chi connectivity index (χ1) is 14.7. The third-order valence-corrected chi connectivity index (χ3v) is 6.18. The Morgan fingerprint density at radius 1 is 1.20 bits per heavy atom. The molecule has 2 aliphatic heterocycles. The largest absolute Gasteiger partial charge is 0.317 e. The smallest absolute Gasteiger partial charge is 0.257 e. The van der Waals surface area contributed by atoms with E-state index >= 15 is 0 Å². The highest BCUT2D eigenvalue weighted by molar-refractivity contribution is 6.31. The summed E-state index contributed by atoms with van der Waals surface area (Å²) >= 11 is 6.26. The van der Waals surface area contributed by atoms with Crippen molar-refractivity contribution in [2.45, 2.75) is 44.2 Å². The first kappa shape index (κ1) is 20.7. The molecule has 1 atom stereocenters. The summed E-state index contributed by atoms with van der Waals surface area (Å²) in [6.07, 6.45) is 8.37. The molecule has 0 spiro atoms. The second kappa shape index (κ2) is 9.52. The van der Waals surface area contributed by atoms with Crippen LogP contribution in [0.4, 0.5) is 5.82 Å². The van der Waals surface area contributed by atoms with Crippen LogP contribution in [-0.4, -0.2) is 46.5 Å². The van der Waals surface area contributed by atoms with Crippen LogP contribution in [0.15, 0.2) is 30.6 Å². The fourth-order valence-corrected chi connectivity index (χ4v) is 4.69. The van der Waals surface area contributed by atoms with Gasteiger partial charge in [-0.2, -0.15) is 5.26 Å². The summed E-state index contributed by atoms with van der Waals surface area (Å²) in [7, 11) is 0. The second-order valence-corrected chi connectivity index (χ2v) is 8.25. The van der Waals surface area contributed by atoms with E-state index in [1.165, 1.54) is 18.8 Å². The average Bonchev–Trinajstić information content (AvgIpc) is 2.80. The van der Waals surface area contributed by atoms with Crippen LogP contribution in [0.1, 0.15) is 59.8 Å². The molecule has 2 aromatic rings. The van der Waals surface area contributed by atoms with Crippen LogP contribution in [-0.2, 0) is 0 Å². The molecular formula is C22H25ClN6O. The van der Waals surface area contributed by atoms with Gasteiger partial charge >= 0.3 is 0 Å². The van der Waals surface area contributed by atoms with Gasteiger partial charge in [0.15, 0.2) is 11.5 Å². The number of hydrogen-bond acceptors (Lipinski definition) is 6. The number of nitriles is 1. The molecule has 1 aromatic carbocycles. The lowest BCUT2D eigenvalue weighted by molar-refractivity contribution is 0.0748. The predicted octanol–water partition coefficient (Wildman–Crippen LogP) is 3.53. The molecule has 0 aliphatic carbocycles. The number of hydrogen-bond donors (Lipinski definition) is 2. The maximum Gasteiger partial charge on any atom is 0.257 e. The maximum atomic E-state index is 13.1. The third-order valence-electron chi connectivity index (χ3n) is 5.95. The van der Waals surface area contributed by atoms with Crippen molar-refractivity contribution < 1.29 is 4.79 Å². The van der Waals surface area contributed by atoms with Gasteiger partial charge in [-0.1, -0.05) is 24.1 Å². The quantitative estimate of drug-likeness (QED) is 0.779. The number of benzene rings is 1. The minimum absolute atomic E-state index is 0.201. The Bertz CT molecular complexity index is 936. The number of likely N-dealkylation sites (tertiary alicyclic amines) is 1. The number of halogens is 1. The van der Waals surface area contributed by atoms with Crippen molar-refractivity contribution in [1.82, 2.24) is 20.2 Å². The number of nitrogens with one attached hydrogen (secondary N) is 2. The summed E-state index contributed by atoms with van der Waals surface area (Å²) in [5, 5.41) is 15.6. The van der Waals surface area contributed by atoms with Gasteiger partial charge in [0.1, 0.15) is 6.07 Å². The molecule has 7 nitrogen and oxygen atoms in total. The number of rotatable bonds is 4. The zero-order chi connectivity index (χ0) is 20.9. The molecule has 1 unspecified atom stereocenters. The van der Waals surface area contributed by atoms with E-state index < -0.39 is 0 Å². The highest BCUT2D eigenvalue weighted by Crippen LogP contribution is 2.37. The fourth-order valence-electron chi connectivity index (χ4n) is 4.51. The molecule has 1 amide bonds. The van der Waals surface area contributed by atoms with Gasteiger partial charge in [0.05, 0.1) is 12.4 Å². The molecular weight excluding hydrogens is 400 g/mol. The van der Waals surface area contributed by atoms with Crippen molar-refractivity contribution in [2.24, 2.45) is 0 Å². The molecule has 2 N–H and O–H groups in total. The van der Waals surface area contributed by atoms with E-state index in [-0.39, 0.29) is 17.6 Å². The molecule has 2 fully saturated rings. The Balaban J connectivity index is 1.61. The molecule has 0 radical (unpaired) electrons. The lowest BCUT2D eigenvalue weighted by atomic mass is 9.88. The van der Waals surface area contributed by atoms with Crippen LogP contribution in [0.5, 0.6) is 0 Å². The van der Waals surface area contributed by atoms with Crippen LogP contribution in [0.25, 0.3) is 0 Å². The highest BCUT2D eigenvalue weighted by atomic mass is 35.5. The molecule has 8 heteroatoms. The Morgan fingerprint density at radius 3 is 2.77 bits per heavy atom. The summed E-state index contributed by atoms with van der Waals surface area (Å²) < 4.78 is 0. The molecule has 1 aromatic heterocycles. The maximum absolute atomic E-state index is 13.1. The van der Waals surface area contributed by atoms with Gasteiger partial charge in [-0.3, -0.25) is 9.69 Å². The second-order valence-electron chi connectivity index (χ2n) is 7.81. The van der Waals surface area contributed by atoms with Gasteiger partial charge in [0.2, 0.25) is 0 Å². The van der Waals surface area contributed by atoms with Crippen LogP contribution in [0.3, 0.4) is 0 Å². The molecule has 2 saturated heterocycles. The fraction of sp³-hybridized carbons (Fsp3) is 0.455. The van der Waals surface area contributed by atoms with E-state index in [4.69, 9.17) is 16.9 Å². The lowest BCUT2D eigenvalue weighted by Gasteiger charge is -2.43. The Kier molecular flexibility index (Phi) is 6.58. The molecule has 4 rings (SSSR count). The van der Waals surface area contributed by atoms with E-state index in [1.54, 1.807) is 6.07 Å². The SMILES string of the molecule is N#Cc1cnc(NC(=O)c2cc(Cl)ccc2C2CCCCN2C2CCNCC2)cn1. The van der Waals surface area contributed by atoms with Crippen molar-refractivity contribution in [3.63, 3.8) is 0 Å². The van der Waals surface area contributed by atoms with Crippen LogP contribution < -0.4 is 10.6 Å². The van der Waals surface area contributed by atoms with Gasteiger partial charge < -0.3 is 10.6 Å². The molecule has 2 aliphatic rings. The minimum Gasteiger partial charge on any atom is -0.317 e. The number of piperidine rings is 2. The zero-order valence-corrected chi connectivity index (χ0v) is 17.5. The number of carbonyl (C=O) groups excluding carboxylic acids is 1. The molecule has 30 heavy (non-hydrogen) atoms. The van der Waals surface area contributed by atoms with Crippen molar-refractivity contribution >= 4 is 23.3 Å². The van der Waals surface area contributed by atoms with Crippen molar-refractivity contribution in [1.29, 1.82) is 5.26 Å². The number of nitrogens with zero attached hydrogens (tertiary/aromatic N) is 4. The number of aromatic nitrogens is 2. The van der Waals surface area contributed by atoms with Gasteiger partial charge in [0, 0.05) is 22.7 Å². The summed E-state index contributed by atoms with van der Waals surface area (Å²) in [6.45, 7) is 3.14. The van der Waals surface area contributed by atoms with Crippen molar-refractivity contribution in [3.8, 4) is 6.07 Å². The molecule has 0 saturated carbocycles. The van der Waals surface area contributed by atoms with Crippen molar-refractivity contribution in [2.75, 3.05) is 25.0 Å². The summed E-state index contributed by atoms with van der Waals surface area (Å²) in [4.78, 5) is 23.8. The normalized spacial score (nSPS) is 20.5. The van der Waals surface area contributed by atoms with Crippen LogP contribution in [0, 0.1) is 11.3 Å². The van der Waals surface area contributed by atoms with Crippen LogP contribution in [0.2, 0.25) is 5.02 Å². The van der Waals surface area contributed by atoms with Gasteiger partial charge in [-0.25, -0.2) is 9.97 Å². The van der Waals surface area contributed by atoms with E-state index in [0.717, 1.165) is 50.9 Å². The third kappa shape index (κ3) is 4.62. The van der Waals surface area contributed by atoms with E-state index in [9.17, 15) is 4.79 Å². The zero-order valence-electron chi connectivity index (χ0n) is 16.8. The van der Waals surface area contributed by atoms with Crippen molar-refractivity contribution in [3.05, 3.63) is 52.4 Å². The monoisotopic (exact) mass is 424 g/mol. The number of amides is 1. The van der Waals surface area contributed by atoms with E-state index in [0.29, 0.717) is 22.4 Å². The van der Waals surface area contributed by atoms with E-state index in [2.05, 4.69) is 25.5 Å².